The van der Waals surface area contributed by atoms with Gasteiger partial charge in [0, 0.05) is 7.05 Å². The number of carboxylic acid groups (broad SMARTS) is 1. The van der Waals surface area contributed by atoms with Gasteiger partial charge in [0.05, 0.1) is 6.54 Å². The zero-order valence-electron chi connectivity index (χ0n) is 9.49. The summed E-state index contributed by atoms with van der Waals surface area (Å²) >= 11 is 1.05. The third kappa shape index (κ3) is 3.79. The van der Waals surface area contributed by atoms with Crippen LogP contribution < -0.4 is 5.32 Å². The Kier molecular flexibility index (Phi) is 4.82. The lowest BCUT2D eigenvalue weighted by Gasteiger charge is -2.15. The Labute approximate surface area is 108 Å². The van der Waals surface area contributed by atoms with Crippen LogP contribution >= 0.6 is 11.3 Å². The first-order valence-electron chi connectivity index (χ1n) is 4.82. The number of rotatable bonds is 6. The van der Waals surface area contributed by atoms with E-state index in [1.807, 2.05) is 0 Å². The van der Waals surface area contributed by atoms with Crippen molar-refractivity contribution in [1.82, 2.24) is 9.62 Å². The topological polar surface area (TPSA) is 104 Å². The number of nitrogens with one attached hydrogen (secondary N) is 1. The highest BCUT2D eigenvalue weighted by molar-refractivity contribution is 7.91. The molecule has 1 aromatic rings. The van der Waals surface area contributed by atoms with E-state index in [-0.39, 0.29) is 4.21 Å². The Hall–Kier alpha value is -1.45. The van der Waals surface area contributed by atoms with Crippen molar-refractivity contribution in [1.29, 1.82) is 0 Å². The van der Waals surface area contributed by atoms with Gasteiger partial charge in [-0.2, -0.15) is 4.31 Å². The quantitative estimate of drug-likeness (QED) is 0.740. The summed E-state index contributed by atoms with van der Waals surface area (Å²) in [6, 6.07) is 3.03. The maximum absolute atomic E-state index is 11.9. The SMILES string of the molecule is CN(CC(=O)NCC(=O)O)S(=O)(=O)c1cccs1. The van der Waals surface area contributed by atoms with Gasteiger partial charge in [0.1, 0.15) is 10.8 Å². The Bertz CT molecular complexity index is 523. The minimum atomic E-state index is -3.69. The van der Waals surface area contributed by atoms with Gasteiger partial charge in [-0.3, -0.25) is 9.59 Å². The predicted octanol–water partition coefficient (Wildman–Crippen LogP) is -0.431. The van der Waals surface area contributed by atoms with Crippen LogP contribution in [0.2, 0.25) is 0 Å². The minimum absolute atomic E-state index is 0.135. The molecule has 0 aliphatic rings. The van der Waals surface area contributed by atoms with Crippen molar-refractivity contribution in [2.24, 2.45) is 0 Å². The molecule has 0 unspecified atom stereocenters. The average molecular weight is 292 g/mol. The number of likely N-dealkylation sites (N-methyl/N-ethyl adjacent to an activating group) is 1. The van der Waals surface area contributed by atoms with Crippen molar-refractivity contribution in [3.8, 4) is 0 Å². The molecule has 9 heteroatoms. The van der Waals surface area contributed by atoms with Crippen LogP contribution in [0.3, 0.4) is 0 Å². The van der Waals surface area contributed by atoms with Gasteiger partial charge in [0.2, 0.25) is 5.91 Å². The van der Waals surface area contributed by atoms with Crippen molar-refractivity contribution in [3.05, 3.63) is 17.5 Å². The third-order valence-corrected chi connectivity index (χ3v) is 5.14. The van der Waals surface area contributed by atoms with Crippen LogP contribution in [0.25, 0.3) is 0 Å². The molecule has 0 fully saturated rings. The summed E-state index contributed by atoms with van der Waals surface area (Å²) in [6.45, 7) is -0.959. The van der Waals surface area contributed by atoms with E-state index in [0.717, 1.165) is 15.6 Å². The molecule has 0 saturated carbocycles. The summed E-state index contributed by atoms with van der Waals surface area (Å²) in [5, 5.41) is 12.1. The second-order valence-electron chi connectivity index (χ2n) is 3.36. The van der Waals surface area contributed by atoms with Crippen molar-refractivity contribution in [2.75, 3.05) is 20.1 Å². The molecular formula is C9H12N2O5S2. The van der Waals surface area contributed by atoms with Crippen molar-refractivity contribution < 1.29 is 23.1 Å². The van der Waals surface area contributed by atoms with Gasteiger partial charge >= 0.3 is 5.97 Å². The summed E-state index contributed by atoms with van der Waals surface area (Å²) in [7, 11) is -2.43. The number of amides is 1. The fourth-order valence-electron chi connectivity index (χ4n) is 1.08. The van der Waals surface area contributed by atoms with Gasteiger partial charge in [-0.15, -0.1) is 11.3 Å². The summed E-state index contributed by atoms with van der Waals surface area (Å²) in [4.78, 5) is 21.5. The average Bonchev–Trinajstić information content (AvgIpc) is 2.80. The van der Waals surface area contributed by atoms with E-state index in [2.05, 4.69) is 5.32 Å². The second kappa shape index (κ2) is 5.94. The molecule has 0 spiro atoms. The molecule has 18 heavy (non-hydrogen) atoms. The van der Waals surface area contributed by atoms with Crippen LogP contribution in [0, 0.1) is 0 Å². The highest BCUT2D eigenvalue weighted by atomic mass is 32.2. The molecule has 1 aromatic heterocycles. The molecule has 0 aliphatic heterocycles. The Balaban J connectivity index is 2.63. The van der Waals surface area contributed by atoms with Gasteiger partial charge in [-0.1, -0.05) is 6.07 Å². The van der Waals surface area contributed by atoms with E-state index in [1.54, 1.807) is 11.4 Å². The van der Waals surface area contributed by atoms with Crippen molar-refractivity contribution in [2.45, 2.75) is 4.21 Å². The molecule has 100 valence electrons. The number of hydrogen-bond donors (Lipinski definition) is 2. The largest absolute Gasteiger partial charge is 0.480 e. The maximum Gasteiger partial charge on any atom is 0.322 e. The Morgan fingerprint density at radius 1 is 1.50 bits per heavy atom. The highest BCUT2D eigenvalue weighted by Gasteiger charge is 2.23. The van der Waals surface area contributed by atoms with Crippen LogP contribution in [-0.2, 0) is 19.6 Å². The standard InChI is InChI=1S/C9H12N2O5S2/c1-11(6-7(12)10-5-8(13)14)18(15,16)9-3-2-4-17-9/h2-4H,5-6H2,1H3,(H,10,12)(H,13,14). The van der Waals surface area contributed by atoms with E-state index in [1.165, 1.54) is 13.1 Å². The third-order valence-electron chi connectivity index (χ3n) is 1.96. The second-order valence-corrected chi connectivity index (χ2v) is 6.58. The number of nitrogens with zero attached hydrogens (tertiary/aromatic N) is 1. The number of thiophene rings is 1. The molecule has 0 bridgehead atoms. The first-order chi connectivity index (χ1) is 8.34. The van der Waals surface area contributed by atoms with E-state index >= 15 is 0 Å². The highest BCUT2D eigenvalue weighted by Crippen LogP contribution is 2.19. The monoisotopic (exact) mass is 292 g/mol. The fourth-order valence-corrected chi connectivity index (χ4v) is 3.41. The first-order valence-corrected chi connectivity index (χ1v) is 7.14. The normalized spacial score (nSPS) is 11.4. The molecular weight excluding hydrogens is 280 g/mol. The number of aliphatic carboxylic acids is 1. The summed E-state index contributed by atoms with van der Waals surface area (Å²) in [5.41, 5.74) is 0. The zero-order chi connectivity index (χ0) is 13.8. The molecule has 1 amide bonds. The predicted molar refractivity (Wildman–Crippen MR) is 64.8 cm³/mol. The smallest absolute Gasteiger partial charge is 0.322 e. The molecule has 1 heterocycles. The van der Waals surface area contributed by atoms with Crippen LogP contribution in [0.4, 0.5) is 0 Å². The molecule has 0 radical (unpaired) electrons. The number of hydrogen-bond acceptors (Lipinski definition) is 5. The molecule has 0 aromatic carbocycles. The van der Waals surface area contributed by atoms with E-state index < -0.39 is 35.0 Å². The summed E-state index contributed by atoms with van der Waals surface area (Å²) in [6.07, 6.45) is 0. The van der Waals surface area contributed by atoms with Crippen LogP contribution in [0.1, 0.15) is 0 Å². The van der Waals surface area contributed by atoms with Crippen LogP contribution in [0.15, 0.2) is 21.7 Å². The van der Waals surface area contributed by atoms with Gasteiger partial charge in [0.25, 0.3) is 10.0 Å². The Morgan fingerprint density at radius 3 is 2.67 bits per heavy atom. The van der Waals surface area contributed by atoms with E-state index in [9.17, 15) is 18.0 Å². The number of carbonyl (C=O) groups is 2. The molecule has 2 N–H and O–H groups in total. The summed E-state index contributed by atoms with van der Waals surface area (Å²) in [5.74, 6) is -1.85. The molecule has 1 rings (SSSR count). The maximum atomic E-state index is 11.9. The fraction of sp³-hybridized carbons (Fsp3) is 0.333. The van der Waals surface area contributed by atoms with Gasteiger partial charge in [-0.25, -0.2) is 8.42 Å². The van der Waals surface area contributed by atoms with E-state index in [0.29, 0.717) is 0 Å². The molecule has 0 atom stereocenters. The number of carbonyl (C=O) groups excluding carboxylic acids is 1. The summed E-state index contributed by atoms with van der Waals surface area (Å²) < 4.78 is 24.8. The first kappa shape index (κ1) is 14.6. The van der Waals surface area contributed by atoms with Crippen LogP contribution in [-0.4, -0.2) is 49.8 Å². The molecule has 0 saturated heterocycles. The van der Waals surface area contributed by atoms with Gasteiger partial charge < -0.3 is 10.4 Å². The van der Waals surface area contributed by atoms with Gasteiger partial charge in [0.15, 0.2) is 0 Å². The number of sulfonamides is 1. The van der Waals surface area contributed by atoms with Gasteiger partial charge in [-0.05, 0) is 11.4 Å². The van der Waals surface area contributed by atoms with Crippen molar-refractivity contribution >= 4 is 33.2 Å². The lowest BCUT2D eigenvalue weighted by Crippen LogP contribution is -2.39. The zero-order valence-corrected chi connectivity index (χ0v) is 11.1. The lowest BCUT2D eigenvalue weighted by molar-refractivity contribution is -0.137. The van der Waals surface area contributed by atoms with Crippen LogP contribution in [0.5, 0.6) is 0 Å². The van der Waals surface area contributed by atoms with Crippen molar-refractivity contribution in [3.63, 3.8) is 0 Å². The number of carboxylic acids is 1. The molecule has 7 nitrogen and oxygen atoms in total. The Morgan fingerprint density at radius 2 is 2.17 bits per heavy atom. The van der Waals surface area contributed by atoms with E-state index in [4.69, 9.17) is 5.11 Å². The molecule has 0 aliphatic carbocycles. The lowest BCUT2D eigenvalue weighted by atomic mass is 10.5. The minimum Gasteiger partial charge on any atom is -0.480 e.